The quantitative estimate of drug-likeness (QED) is 0.651. The van der Waals surface area contributed by atoms with Crippen molar-refractivity contribution in [3.05, 3.63) is 35.5 Å². The molecule has 0 atom stereocenters. The Morgan fingerprint density at radius 3 is 2.75 bits per heavy atom. The normalized spacial score (nSPS) is 10.6. The summed E-state index contributed by atoms with van der Waals surface area (Å²) in [5.74, 6) is 2.37. The molecule has 2 aromatic heterocycles. The third kappa shape index (κ3) is 4.45. The van der Waals surface area contributed by atoms with Crippen molar-refractivity contribution in [2.45, 2.75) is 38.1 Å². The van der Waals surface area contributed by atoms with Gasteiger partial charge >= 0.3 is 0 Å². The standard InChI is InChI=1S/C14H19N5S/c1-4-6-15-12-8-11(3)17-13(19-12)9-20-14-16-7-5-10(2)18-14/h5,7-8H,4,6,9H2,1-3H3,(H,15,17,19). The largest absolute Gasteiger partial charge is 0.370 e. The summed E-state index contributed by atoms with van der Waals surface area (Å²) >= 11 is 1.55. The van der Waals surface area contributed by atoms with Gasteiger partial charge in [-0.3, -0.25) is 0 Å². The van der Waals surface area contributed by atoms with E-state index in [1.165, 1.54) is 0 Å². The van der Waals surface area contributed by atoms with Gasteiger partial charge in [-0.15, -0.1) is 0 Å². The molecular formula is C14H19N5S. The molecule has 5 nitrogen and oxygen atoms in total. The van der Waals surface area contributed by atoms with Crippen LogP contribution in [0.15, 0.2) is 23.5 Å². The molecule has 2 aromatic rings. The number of hydrogen-bond donors (Lipinski definition) is 1. The summed E-state index contributed by atoms with van der Waals surface area (Å²) in [6.07, 6.45) is 2.85. The van der Waals surface area contributed by atoms with Crippen LogP contribution in [-0.2, 0) is 5.75 Å². The lowest BCUT2D eigenvalue weighted by molar-refractivity contribution is 0.920. The Morgan fingerprint density at radius 2 is 2.00 bits per heavy atom. The zero-order valence-corrected chi connectivity index (χ0v) is 12.9. The third-order valence-corrected chi connectivity index (χ3v) is 3.42. The number of aryl methyl sites for hydroxylation is 2. The van der Waals surface area contributed by atoms with Crippen LogP contribution >= 0.6 is 11.8 Å². The summed E-state index contributed by atoms with van der Waals surface area (Å²) in [6, 6.07) is 3.85. The van der Waals surface area contributed by atoms with E-state index >= 15 is 0 Å². The number of hydrogen-bond acceptors (Lipinski definition) is 6. The molecule has 0 aliphatic rings. The monoisotopic (exact) mass is 289 g/mol. The van der Waals surface area contributed by atoms with Crippen molar-refractivity contribution in [1.29, 1.82) is 0 Å². The lowest BCUT2D eigenvalue weighted by Gasteiger charge is -2.07. The molecule has 1 N–H and O–H groups in total. The lowest BCUT2D eigenvalue weighted by Crippen LogP contribution is -2.05. The van der Waals surface area contributed by atoms with Gasteiger partial charge in [-0.1, -0.05) is 18.7 Å². The summed E-state index contributed by atoms with van der Waals surface area (Å²) in [5.41, 5.74) is 1.94. The van der Waals surface area contributed by atoms with Gasteiger partial charge in [-0.25, -0.2) is 19.9 Å². The van der Waals surface area contributed by atoms with Crippen LogP contribution in [0.5, 0.6) is 0 Å². The van der Waals surface area contributed by atoms with Crippen molar-refractivity contribution in [1.82, 2.24) is 19.9 Å². The average Bonchev–Trinajstić information content (AvgIpc) is 2.42. The van der Waals surface area contributed by atoms with Gasteiger partial charge in [0.1, 0.15) is 11.6 Å². The topological polar surface area (TPSA) is 63.6 Å². The zero-order valence-electron chi connectivity index (χ0n) is 12.1. The Labute approximate surface area is 123 Å². The van der Waals surface area contributed by atoms with Crippen molar-refractivity contribution in [2.24, 2.45) is 0 Å². The number of thioether (sulfide) groups is 1. The molecule has 0 amide bonds. The van der Waals surface area contributed by atoms with Gasteiger partial charge in [-0.2, -0.15) is 0 Å². The summed E-state index contributed by atoms with van der Waals surface area (Å²) in [4.78, 5) is 17.6. The molecule has 0 saturated carbocycles. The predicted molar refractivity (Wildman–Crippen MR) is 81.9 cm³/mol. The van der Waals surface area contributed by atoms with Crippen LogP contribution in [-0.4, -0.2) is 26.5 Å². The van der Waals surface area contributed by atoms with Crippen LogP contribution in [0.4, 0.5) is 5.82 Å². The maximum atomic E-state index is 4.51. The van der Waals surface area contributed by atoms with E-state index in [1.807, 2.05) is 26.0 Å². The van der Waals surface area contributed by atoms with E-state index in [-0.39, 0.29) is 0 Å². The molecule has 2 rings (SSSR count). The zero-order chi connectivity index (χ0) is 14.4. The smallest absolute Gasteiger partial charge is 0.188 e. The molecule has 0 aliphatic heterocycles. The molecule has 0 spiro atoms. The van der Waals surface area contributed by atoms with Gasteiger partial charge in [0.25, 0.3) is 0 Å². The molecule has 0 radical (unpaired) electrons. The average molecular weight is 289 g/mol. The van der Waals surface area contributed by atoms with Crippen LogP contribution in [0.1, 0.15) is 30.6 Å². The first-order valence-corrected chi connectivity index (χ1v) is 7.67. The molecule has 0 bridgehead atoms. The Bertz CT molecular complexity index is 573. The van der Waals surface area contributed by atoms with Crippen molar-refractivity contribution in [2.75, 3.05) is 11.9 Å². The van der Waals surface area contributed by atoms with Crippen LogP contribution in [0.25, 0.3) is 0 Å². The van der Waals surface area contributed by atoms with E-state index < -0.39 is 0 Å². The fraction of sp³-hybridized carbons (Fsp3) is 0.429. The fourth-order valence-corrected chi connectivity index (χ4v) is 2.39. The second kappa shape index (κ2) is 7.19. The van der Waals surface area contributed by atoms with Crippen molar-refractivity contribution in [3.63, 3.8) is 0 Å². The Balaban J connectivity index is 2.03. The van der Waals surface area contributed by atoms with Gasteiger partial charge in [0.05, 0.1) is 5.75 Å². The first kappa shape index (κ1) is 14.7. The highest BCUT2D eigenvalue weighted by Crippen LogP contribution is 2.18. The highest BCUT2D eigenvalue weighted by atomic mass is 32.2. The second-order valence-corrected chi connectivity index (χ2v) is 5.45. The number of anilines is 1. The van der Waals surface area contributed by atoms with Crippen molar-refractivity contribution < 1.29 is 0 Å². The van der Waals surface area contributed by atoms with Gasteiger partial charge in [0.15, 0.2) is 5.16 Å². The molecule has 20 heavy (non-hydrogen) atoms. The number of nitrogens with zero attached hydrogens (tertiary/aromatic N) is 4. The van der Waals surface area contributed by atoms with Crippen molar-refractivity contribution >= 4 is 17.6 Å². The van der Waals surface area contributed by atoms with E-state index in [4.69, 9.17) is 0 Å². The summed E-state index contributed by atoms with van der Waals surface area (Å²) in [7, 11) is 0. The van der Waals surface area contributed by atoms with Gasteiger partial charge in [0.2, 0.25) is 0 Å². The number of rotatable bonds is 6. The SMILES string of the molecule is CCCNc1cc(C)nc(CSc2nccc(C)n2)n1. The maximum Gasteiger partial charge on any atom is 0.188 e. The Kier molecular flexibility index (Phi) is 5.29. The third-order valence-electron chi connectivity index (χ3n) is 2.56. The minimum Gasteiger partial charge on any atom is -0.370 e. The van der Waals surface area contributed by atoms with Crippen molar-refractivity contribution in [3.8, 4) is 0 Å². The molecule has 0 unspecified atom stereocenters. The molecule has 0 saturated heterocycles. The molecule has 106 valence electrons. The van der Waals surface area contributed by atoms with E-state index in [1.54, 1.807) is 18.0 Å². The van der Waals surface area contributed by atoms with Gasteiger partial charge in [0, 0.05) is 30.2 Å². The number of nitrogens with one attached hydrogen (secondary N) is 1. The molecule has 0 aromatic carbocycles. The second-order valence-electron chi connectivity index (χ2n) is 4.51. The highest BCUT2D eigenvalue weighted by Gasteiger charge is 2.05. The van der Waals surface area contributed by atoms with Gasteiger partial charge < -0.3 is 5.32 Å². The predicted octanol–water partition coefficient (Wildman–Crippen LogP) is 3.00. The fourth-order valence-electron chi connectivity index (χ4n) is 1.66. The van der Waals surface area contributed by atoms with E-state index in [0.717, 1.165) is 41.2 Å². The first-order chi connectivity index (χ1) is 9.67. The molecule has 6 heteroatoms. The maximum absolute atomic E-state index is 4.51. The summed E-state index contributed by atoms with van der Waals surface area (Å²) in [6.45, 7) is 6.99. The highest BCUT2D eigenvalue weighted by molar-refractivity contribution is 7.98. The lowest BCUT2D eigenvalue weighted by atomic mass is 10.4. The van der Waals surface area contributed by atoms with Crippen LogP contribution in [0, 0.1) is 13.8 Å². The molecule has 2 heterocycles. The number of aromatic nitrogens is 4. The first-order valence-electron chi connectivity index (χ1n) is 6.68. The molecular weight excluding hydrogens is 270 g/mol. The van der Waals surface area contributed by atoms with E-state index in [2.05, 4.69) is 32.2 Å². The Morgan fingerprint density at radius 1 is 1.15 bits per heavy atom. The molecule has 0 fully saturated rings. The summed E-state index contributed by atoms with van der Waals surface area (Å²) < 4.78 is 0. The van der Waals surface area contributed by atoms with E-state index in [9.17, 15) is 0 Å². The molecule has 0 aliphatic carbocycles. The van der Waals surface area contributed by atoms with Crippen LogP contribution in [0.2, 0.25) is 0 Å². The minimum atomic E-state index is 0.673. The summed E-state index contributed by atoms with van der Waals surface area (Å²) in [5, 5.41) is 4.05. The Hall–Kier alpha value is -1.69. The van der Waals surface area contributed by atoms with Crippen LogP contribution in [0.3, 0.4) is 0 Å². The van der Waals surface area contributed by atoms with Crippen LogP contribution < -0.4 is 5.32 Å². The van der Waals surface area contributed by atoms with Gasteiger partial charge in [-0.05, 0) is 26.3 Å². The minimum absolute atomic E-state index is 0.673. The van der Waals surface area contributed by atoms with E-state index in [0.29, 0.717) is 5.75 Å².